The van der Waals surface area contributed by atoms with Gasteiger partial charge in [0.1, 0.15) is 11.6 Å². The Kier molecular flexibility index (Phi) is 4.38. The summed E-state index contributed by atoms with van der Waals surface area (Å²) >= 11 is 0. The van der Waals surface area contributed by atoms with E-state index in [9.17, 15) is 13.9 Å². The third-order valence-corrected chi connectivity index (χ3v) is 2.60. The van der Waals surface area contributed by atoms with Crippen LogP contribution in [0.1, 0.15) is 25.8 Å². The molecule has 0 saturated heterocycles. The average Bonchev–Trinajstić information content (AvgIpc) is 2.21. The summed E-state index contributed by atoms with van der Waals surface area (Å²) < 4.78 is 25.8. The van der Waals surface area contributed by atoms with Crippen LogP contribution in [-0.2, 0) is 6.54 Å². The predicted octanol–water partition coefficient (Wildman–Crippen LogP) is 2.22. The molecule has 1 rings (SSSR count). The largest absolute Gasteiger partial charge is 0.389 e. The van der Waals surface area contributed by atoms with Crippen molar-refractivity contribution in [3.63, 3.8) is 0 Å². The monoisotopic (exact) mass is 229 g/mol. The maximum Gasteiger partial charge on any atom is 0.130 e. The second-order valence-electron chi connectivity index (χ2n) is 4.19. The molecule has 0 bridgehead atoms. The Hall–Kier alpha value is -1.00. The van der Waals surface area contributed by atoms with Crippen LogP contribution in [0.3, 0.4) is 0 Å². The summed E-state index contributed by atoms with van der Waals surface area (Å²) in [6.07, 6.45) is 0.617. The fourth-order valence-electron chi connectivity index (χ4n) is 1.26. The number of halogens is 2. The van der Waals surface area contributed by atoms with Gasteiger partial charge in [-0.15, -0.1) is 0 Å². The van der Waals surface area contributed by atoms with Crippen LogP contribution in [0.2, 0.25) is 0 Å². The smallest absolute Gasteiger partial charge is 0.130 e. The SMILES string of the molecule is CCC(C)(O)CNCc1ccc(F)cc1F. The fraction of sp³-hybridized carbons (Fsp3) is 0.500. The lowest BCUT2D eigenvalue weighted by Crippen LogP contribution is -2.36. The maximum atomic E-state index is 13.2. The zero-order valence-corrected chi connectivity index (χ0v) is 9.56. The summed E-state index contributed by atoms with van der Waals surface area (Å²) in [7, 11) is 0. The molecule has 0 spiro atoms. The number of nitrogens with one attached hydrogen (secondary N) is 1. The van der Waals surface area contributed by atoms with Gasteiger partial charge in [-0.2, -0.15) is 0 Å². The molecule has 0 saturated carbocycles. The van der Waals surface area contributed by atoms with Crippen molar-refractivity contribution in [1.82, 2.24) is 5.32 Å². The Balaban J connectivity index is 2.49. The molecule has 2 N–H and O–H groups in total. The van der Waals surface area contributed by atoms with Crippen LogP contribution in [0.5, 0.6) is 0 Å². The van der Waals surface area contributed by atoms with Crippen molar-refractivity contribution in [2.24, 2.45) is 0 Å². The van der Waals surface area contributed by atoms with E-state index in [0.717, 1.165) is 6.07 Å². The van der Waals surface area contributed by atoms with Crippen molar-refractivity contribution in [3.8, 4) is 0 Å². The van der Waals surface area contributed by atoms with E-state index >= 15 is 0 Å². The quantitative estimate of drug-likeness (QED) is 0.811. The third kappa shape index (κ3) is 3.87. The molecular weight excluding hydrogens is 212 g/mol. The summed E-state index contributed by atoms with van der Waals surface area (Å²) in [6.45, 7) is 4.24. The van der Waals surface area contributed by atoms with Gasteiger partial charge in [0, 0.05) is 24.7 Å². The van der Waals surface area contributed by atoms with Gasteiger partial charge < -0.3 is 10.4 Å². The minimum absolute atomic E-state index is 0.280. The van der Waals surface area contributed by atoms with E-state index in [4.69, 9.17) is 0 Å². The number of rotatable bonds is 5. The standard InChI is InChI=1S/C12H17F2NO/c1-3-12(2,16)8-15-7-9-4-5-10(13)6-11(9)14/h4-6,15-16H,3,7-8H2,1-2H3. The molecule has 4 heteroatoms. The van der Waals surface area contributed by atoms with Crippen LogP contribution < -0.4 is 5.32 Å². The van der Waals surface area contributed by atoms with Gasteiger partial charge in [0.15, 0.2) is 0 Å². The molecule has 0 amide bonds. The van der Waals surface area contributed by atoms with E-state index in [2.05, 4.69) is 5.32 Å². The highest BCUT2D eigenvalue weighted by molar-refractivity contribution is 5.18. The molecular formula is C12H17F2NO. The van der Waals surface area contributed by atoms with E-state index in [0.29, 0.717) is 18.5 Å². The fourth-order valence-corrected chi connectivity index (χ4v) is 1.26. The number of hydrogen-bond acceptors (Lipinski definition) is 2. The normalized spacial score (nSPS) is 14.8. The number of benzene rings is 1. The van der Waals surface area contributed by atoms with E-state index in [-0.39, 0.29) is 6.54 Å². The Morgan fingerprint density at radius 2 is 2.06 bits per heavy atom. The first-order valence-corrected chi connectivity index (χ1v) is 5.31. The zero-order valence-electron chi connectivity index (χ0n) is 9.56. The molecule has 0 radical (unpaired) electrons. The highest BCUT2D eigenvalue weighted by Crippen LogP contribution is 2.10. The lowest BCUT2D eigenvalue weighted by molar-refractivity contribution is 0.0555. The second kappa shape index (κ2) is 5.37. The van der Waals surface area contributed by atoms with Crippen LogP contribution in [0.25, 0.3) is 0 Å². The van der Waals surface area contributed by atoms with Gasteiger partial charge in [0.05, 0.1) is 5.60 Å². The van der Waals surface area contributed by atoms with Crippen molar-refractivity contribution in [2.75, 3.05) is 6.54 Å². The van der Waals surface area contributed by atoms with Gasteiger partial charge in [-0.25, -0.2) is 8.78 Å². The van der Waals surface area contributed by atoms with Crippen LogP contribution in [0.15, 0.2) is 18.2 Å². The molecule has 2 nitrogen and oxygen atoms in total. The molecule has 0 heterocycles. The maximum absolute atomic E-state index is 13.2. The average molecular weight is 229 g/mol. The van der Waals surface area contributed by atoms with Crippen LogP contribution >= 0.6 is 0 Å². The van der Waals surface area contributed by atoms with Gasteiger partial charge in [-0.05, 0) is 19.4 Å². The van der Waals surface area contributed by atoms with Crippen molar-refractivity contribution < 1.29 is 13.9 Å². The van der Waals surface area contributed by atoms with Crippen molar-refractivity contribution in [2.45, 2.75) is 32.4 Å². The second-order valence-corrected chi connectivity index (χ2v) is 4.19. The lowest BCUT2D eigenvalue weighted by atomic mass is 10.0. The van der Waals surface area contributed by atoms with Crippen LogP contribution in [0, 0.1) is 11.6 Å². The van der Waals surface area contributed by atoms with E-state index in [1.54, 1.807) is 6.92 Å². The first-order valence-electron chi connectivity index (χ1n) is 5.31. The van der Waals surface area contributed by atoms with Gasteiger partial charge in [-0.1, -0.05) is 13.0 Å². The van der Waals surface area contributed by atoms with Gasteiger partial charge >= 0.3 is 0 Å². The van der Waals surface area contributed by atoms with E-state index < -0.39 is 17.2 Å². The molecule has 90 valence electrons. The van der Waals surface area contributed by atoms with Crippen molar-refractivity contribution >= 4 is 0 Å². The molecule has 1 aromatic rings. The van der Waals surface area contributed by atoms with Crippen LogP contribution in [-0.4, -0.2) is 17.3 Å². The predicted molar refractivity (Wildman–Crippen MR) is 59.0 cm³/mol. The Labute approximate surface area is 94.3 Å². The molecule has 1 atom stereocenters. The molecule has 16 heavy (non-hydrogen) atoms. The van der Waals surface area contributed by atoms with Gasteiger partial charge in [0.2, 0.25) is 0 Å². The molecule has 0 aliphatic heterocycles. The molecule has 0 fully saturated rings. The first-order chi connectivity index (χ1) is 7.44. The summed E-state index contributed by atoms with van der Waals surface area (Å²) in [5.41, 5.74) is -0.399. The van der Waals surface area contributed by atoms with Gasteiger partial charge in [0.25, 0.3) is 0 Å². The molecule has 1 aromatic carbocycles. The summed E-state index contributed by atoms with van der Waals surface area (Å²) in [5.74, 6) is -1.15. The van der Waals surface area contributed by atoms with E-state index in [1.165, 1.54) is 12.1 Å². The number of aliphatic hydroxyl groups is 1. The first kappa shape index (κ1) is 13.1. The minimum atomic E-state index is -0.795. The summed E-state index contributed by atoms with van der Waals surface area (Å²) in [5, 5.41) is 12.6. The topological polar surface area (TPSA) is 32.3 Å². The Bertz CT molecular complexity index is 353. The Morgan fingerprint density at radius 3 is 2.62 bits per heavy atom. The Morgan fingerprint density at radius 1 is 1.38 bits per heavy atom. The van der Waals surface area contributed by atoms with Crippen molar-refractivity contribution in [1.29, 1.82) is 0 Å². The number of hydrogen-bond donors (Lipinski definition) is 2. The molecule has 0 aliphatic carbocycles. The molecule has 0 aliphatic rings. The van der Waals surface area contributed by atoms with Crippen molar-refractivity contribution in [3.05, 3.63) is 35.4 Å². The zero-order chi connectivity index (χ0) is 12.2. The third-order valence-electron chi connectivity index (χ3n) is 2.60. The molecule has 1 unspecified atom stereocenters. The highest BCUT2D eigenvalue weighted by atomic mass is 19.1. The van der Waals surface area contributed by atoms with E-state index in [1.807, 2.05) is 6.92 Å². The lowest BCUT2D eigenvalue weighted by Gasteiger charge is -2.21. The van der Waals surface area contributed by atoms with Gasteiger partial charge in [-0.3, -0.25) is 0 Å². The molecule has 0 aromatic heterocycles. The highest BCUT2D eigenvalue weighted by Gasteiger charge is 2.16. The minimum Gasteiger partial charge on any atom is -0.389 e. The summed E-state index contributed by atoms with van der Waals surface area (Å²) in [6, 6.07) is 3.48. The summed E-state index contributed by atoms with van der Waals surface area (Å²) in [4.78, 5) is 0. The van der Waals surface area contributed by atoms with Crippen LogP contribution in [0.4, 0.5) is 8.78 Å².